The van der Waals surface area contributed by atoms with Crippen molar-refractivity contribution in [2.75, 3.05) is 0 Å². The van der Waals surface area contributed by atoms with E-state index in [1.165, 1.54) is 80.4 Å². The maximum atomic E-state index is 11.0. The summed E-state index contributed by atoms with van der Waals surface area (Å²) in [5.41, 5.74) is 0. The standard InChI is InChI=1S/C17H27ClOS/c1-2-3-4-5-6-7-8-9-10-11-12-15-13-14-16(20-15)17(18)19/h13-14H,2-12H2,1H3. The normalized spacial score (nSPS) is 10.9. The Labute approximate surface area is 132 Å². The van der Waals surface area contributed by atoms with Gasteiger partial charge in [0.15, 0.2) is 0 Å². The van der Waals surface area contributed by atoms with Gasteiger partial charge in [0.25, 0.3) is 5.24 Å². The minimum atomic E-state index is -0.329. The van der Waals surface area contributed by atoms with Crippen LogP contribution in [-0.4, -0.2) is 5.24 Å². The molecule has 114 valence electrons. The quantitative estimate of drug-likeness (QED) is 0.314. The Bertz CT molecular complexity index is 373. The molecule has 0 N–H and O–H groups in total. The van der Waals surface area contributed by atoms with E-state index in [1.807, 2.05) is 12.1 Å². The topological polar surface area (TPSA) is 17.1 Å². The van der Waals surface area contributed by atoms with Crippen LogP contribution < -0.4 is 0 Å². The van der Waals surface area contributed by atoms with Gasteiger partial charge in [-0.1, -0.05) is 64.7 Å². The molecule has 20 heavy (non-hydrogen) atoms. The average molecular weight is 315 g/mol. The highest BCUT2D eigenvalue weighted by Crippen LogP contribution is 2.21. The molecule has 0 saturated heterocycles. The molecule has 0 aliphatic carbocycles. The van der Waals surface area contributed by atoms with Crippen LogP contribution >= 0.6 is 22.9 Å². The Morgan fingerprint density at radius 1 is 0.950 bits per heavy atom. The maximum absolute atomic E-state index is 11.0. The zero-order chi connectivity index (χ0) is 14.6. The molecule has 1 aromatic heterocycles. The zero-order valence-electron chi connectivity index (χ0n) is 12.6. The number of carbonyl (C=O) groups is 1. The molecule has 0 spiro atoms. The van der Waals surface area contributed by atoms with Crippen LogP contribution in [-0.2, 0) is 6.42 Å². The first kappa shape index (κ1) is 17.7. The SMILES string of the molecule is CCCCCCCCCCCCc1ccc(C(=O)Cl)s1. The van der Waals surface area contributed by atoms with Crippen molar-refractivity contribution < 1.29 is 4.79 Å². The van der Waals surface area contributed by atoms with E-state index < -0.39 is 0 Å². The summed E-state index contributed by atoms with van der Waals surface area (Å²) in [5, 5.41) is -0.329. The van der Waals surface area contributed by atoms with Gasteiger partial charge in [-0.25, -0.2) is 0 Å². The molecule has 0 amide bonds. The predicted octanol–water partition coefficient (Wildman–Crippen LogP) is 6.59. The third-order valence-electron chi connectivity index (χ3n) is 3.63. The van der Waals surface area contributed by atoms with Crippen LogP contribution in [0.5, 0.6) is 0 Å². The van der Waals surface area contributed by atoms with E-state index in [4.69, 9.17) is 11.6 Å². The summed E-state index contributed by atoms with van der Waals surface area (Å²) in [4.78, 5) is 12.9. The molecule has 0 saturated carbocycles. The molecule has 0 unspecified atom stereocenters. The Kier molecular flexibility index (Phi) is 10.0. The van der Waals surface area contributed by atoms with E-state index >= 15 is 0 Å². The number of rotatable bonds is 12. The van der Waals surface area contributed by atoms with Gasteiger partial charge in [-0.15, -0.1) is 11.3 Å². The van der Waals surface area contributed by atoms with E-state index in [1.54, 1.807) is 0 Å². The molecular weight excluding hydrogens is 288 g/mol. The van der Waals surface area contributed by atoms with Gasteiger partial charge in [0, 0.05) is 4.88 Å². The summed E-state index contributed by atoms with van der Waals surface area (Å²) in [6.07, 6.45) is 14.7. The lowest BCUT2D eigenvalue weighted by Crippen LogP contribution is -1.84. The van der Waals surface area contributed by atoms with Gasteiger partial charge in [0.2, 0.25) is 0 Å². The first-order valence-corrected chi connectivity index (χ1v) is 9.22. The summed E-state index contributed by atoms with van der Waals surface area (Å²) in [6, 6.07) is 3.87. The van der Waals surface area contributed by atoms with Crippen LogP contribution in [0, 0.1) is 0 Å². The minimum Gasteiger partial charge on any atom is -0.275 e. The fourth-order valence-corrected chi connectivity index (χ4v) is 3.46. The van der Waals surface area contributed by atoms with Crippen LogP contribution in [0.25, 0.3) is 0 Å². The van der Waals surface area contributed by atoms with Crippen LogP contribution in [0.4, 0.5) is 0 Å². The monoisotopic (exact) mass is 314 g/mol. The Balaban J connectivity index is 1.93. The smallest absolute Gasteiger partial charge is 0.262 e. The second-order valence-corrected chi connectivity index (χ2v) is 6.98. The van der Waals surface area contributed by atoms with E-state index in [9.17, 15) is 4.79 Å². The van der Waals surface area contributed by atoms with Crippen molar-refractivity contribution >= 4 is 28.2 Å². The molecule has 0 bridgehead atoms. The lowest BCUT2D eigenvalue weighted by Gasteiger charge is -2.01. The van der Waals surface area contributed by atoms with E-state index in [0.29, 0.717) is 4.88 Å². The summed E-state index contributed by atoms with van der Waals surface area (Å²) in [7, 11) is 0. The molecule has 1 heterocycles. The Morgan fingerprint density at radius 3 is 2.00 bits per heavy atom. The Morgan fingerprint density at radius 2 is 1.50 bits per heavy atom. The van der Waals surface area contributed by atoms with Gasteiger partial charge >= 0.3 is 0 Å². The highest BCUT2D eigenvalue weighted by Gasteiger charge is 2.05. The average Bonchev–Trinajstić information content (AvgIpc) is 2.90. The highest BCUT2D eigenvalue weighted by molar-refractivity contribution is 7.15. The second-order valence-electron chi connectivity index (χ2n) is 5.47. The predicted molar refractivity (Wildman–Crippen MR) is 90.1 cm³/mol. The van der Waals surface area contributed by atoms with Crippen LogP contribution in [0.2, 0.25) is 0 Å². The second kappa shape index (κ2) is 11.3. The van der Waals surface area contributed by atoms with Gasteiger partial charge < -0.3 is 0 Å². The number of carbonyl (C=O) groups excluding carboxylic acids is 1. The molecule has 0 fully saturated rings. The van der Waals surface area contributed by atoms with E-state index in [2.05, 4.69) is 6.92 Å². The number of halogens is 1. The van der Waals surface area contributed by atoms with Crippen molar-refractivity contribution in [1.29, 1.82) is 0 Å². The van der Waals surface area contributed by atoms with Crippen LogP contribution in [0.15, 0.2) is 12.1 Å². The summed E-state index contributed by atoms with van der Waals surface area (Å²) in [6.45, 7) is 2.26. The molecule has 0 aliphatic rings. The van der Waals surface area contributed by atoms with Gasteiger partial charge in [0.05, 0.1) is 4.88 Å². The molecule has 1 nitrogen and oxygen atoms in total. The van der Waals surface area contributed by atoms with E-state index in [0.717, 1.165) is 6.42 Å². The summed E-state index contributed by atoms with van der Waals surface area (Å²) < 4.78 is 0. The van der Waals surface area contributed by atoms with Crippen LogP contribution in [0.3, 0.4) is 0 Å². The van der Waals surface area contributed by atoms with Crippen molar-refractivity contribution in [3.05, 3.63) is 21.9 Å². The number of hydrogen-bond acceptors (Lipinski definition) is 2. The molecule has 1 aromatic rings. The lowest BCUT2D eigenvalue weighted by atomic mass is 10.1. The van der Waals surface area contributed by atoms with Gasteiger partial charge in [-0.3, -0.25) is 4.79 Å². The van der Waals surface area contributed by atoms with Crippen molar-refractivity contribution in [2.45, 2.75) is 77.6 Å². The molecule has 0 aliphatic heterocycles. The molecule has 0 aromatic carbocycles. The van der Waals surface area contributed by atoms with Crippen molar-refractivity contribution in [3.63, 3.8) is 0 Å². The van der Waals surface area contributed by atoms with Crippen molar-refractivity contribution in [2.24, 2.45) is 0 Å². The zero-order valence-corrected chi connectivity index (χ0v) is 14.2. The number of aryl methyl sites for hydroxylation is 1. The molecular formula is C17H27ClOS. The Hall–Kier alpha value is -0.340. The minimum absolute atomic E-state index is 0.329. The first-order valence-electron chi connectivity index (χ1n) is 8.02. The van der Waals surface area contributed by atoms with Crippen molar-refractivity contribution in [3.8, 4) is 0 Å². The molecule has 3 heteroatoms. The van der Waals surface area contributed by atoms with Crippen LogP contribution in [0.1, 0.15) is 85.7 Å². The maximum Gasteiger partial charge on any atom is 0.262 e. The number of thiophene rings is 1. The summed E-state index contributed by atoms with van der Waals surface area (Å²) in [5.74, 6) is 0. The molecule has 0 atom stereocenters. The largest absolute Gasteiger partial charge is 0.275 e. The van der Waals surface area contributed by atoms with E-state index in [-0.39, 0.29) is 5.24 Å². The third-order valence-corrected chi connectivity index (χ3v) is 5.09. The molecule has 0 radical (unpaired) electrons. The lowest BCUT2D eigenvalue weighted by molar-refractivity contribution is 0.108. The van der Waals surface area contributed by atoms with Gasteiger partial charge in [0.1, 0.15) is 0 Å². The van der Waals surface area contributed by atoms with Crippen molar-refractivity contribution in [1.82, 2.24) is 0 Å². The third kappa shape index (κ3) is 8.06. The fraction of sp³-hybridized carbons (Fsp3) is 0.706. The summed E-state index contributed by atoms with van der Waals surface area (Å²) >= 11 is 6.99. The van der Waals surface area contributed by atoms with Gasteiger partial charge in [-0.2, -0.15) is 0 Å². The number of unbranched alkanes of at least 4 members (excludes halogenated alkanes) is 9. The molecule has 1 rings (SSSR count). The highest BCUT2D eigenvalue weighted by atomic mass is 35.5. The number of hydrogen-bond donors (Lipinski definition) is 0. The fourth-order valence-electron chi connectivity index (χ4n) is 2.40. The van der Waals surface area contributed by atoms with Gasteiger partial charge in [-0.05, 0) is 36.6 Å². The first-order chi connectivity index (χ1) is 9.74.